The Kier molecular flexibility index (Phi) is 5.36. The van der Waals surface area contributed by atoms with Crippen LogP contribution in [-0.4, -0.2) is 23.1 Å². The maximum Gasteiger partial charge on any atom is 0.270 e. The molecule has 1 aliphatic heterocycles. The molecular formula is C27H24N2OP+. The molecule has 1 aromatic heterocycles. The zero-order valence-corrected chi connectivity index (χ0v) is 18.1. The molecule has 5 rings (SSSR count). The summed E-state index contributed by atoms with van der Waals surface area (Å²) in [6.07, 6.45) is 2.56. The quantitative estimate of drug-likeness (QED) is 0.451. The topological polar surface area (TPSA) is 33.2 Å². The van der Waals surface area contributed by atoms with Gasteiger partial charge in [0, 0.05) is 19.2 Å². The number of anilines is 1. The van der Waals surface area contributed by atoms with E-state index in [0.717, 1.165) is 12.2 Å². The molecule has 1 aliphatic rings. The van der Waals surface area contributed by atoms with Crippen LogP contribution in [-0.2, 0) is 4.79 Å². The summed E-state index contributed by atoms with van der Waals surface area (Å²) in [7, 11) is -2.23. The fourth-order valence-electron chi connectivity index (χ4n) is 4.74. The van der Waals surface area contributed by atoms with E-state index in [1.165, 1.54) is 15.9 Å². The highest BCUT2D eigenvalue weighted by molar-refractivity contribution is 7.97. The Labute approximate surface area is 183 Å². The molecule has 3 aromatic carbocycles. The summed E-state index contributed by atoms with van der Waals surface area (Å²) < 4.78 is 0. The summed E-state index contributed by atoms with van der Waals surface area (Å²) in [6.45, 7) is 0.689. The molecule has 1 fully saturated rings. The molecule has 31 heavy (non-hydrogen) atoms. The SMILES string of the molecule is O=C1[C@H]([P+](c2ccccc2)(c2ccccc2)c2ccccc2)CCN1c1ccccn1. The van der Waals surface area contributed by atoms with E-state index in [4.69, 9.17) is 0 Å². The second-order valence-electron chi connectivity index (χ2n) is 7.71. The lowest BCUT2D eigenvalue weighted by molar-refractivity contribution is -0.116. The predicted molar refractivity (Wildman–Crippen MR) is 130 cm³/mol. The number of pyridine rings is 1. The molecule has 0 saturated carbocycles. The molecule has 4 aromatic rings. The van der Waals surface area contributed by atoms with Crippen LogP contribution in [0.25, 0.3) is 0 Å². The summed E-state index contributed by atoms with van der Waals surface area (Å²) in [5, 5.41) is 3.73. The predicted octanol–water partition coefficient (Wildman–Crippen LogP) is 4.18. The Balaban J connectivity index is 1.74. The van der Waals surface area contributed by atoms with Crippen LogP contribution in [0.5, 0.6) is 0 Å². The number of carbonyl (C=O) groups is 1. The fraction of sp³-hybridized carbons (Fsp3) is 0.111. The third-order valence-electron chi connectivity index (χ3n) is 6.06. The first kappa shape index (κ1) is 19.7. The van der Waals surface area contributed by atoms with Crippen molar-refractivity contribution in [3.8, 4) is 0 Å². The van der Waals surface area contributed by atoms with Crippen LogP contribution in [0.3, 0.4) is 0 Å². The number of aromatic nitrogens is 1. The van der Waals surface area contributed by atoms with E-state index in [1.807, 2.05) is 41.3 Å². The number of rotatable bonds is 5. The number of nitrogens with zero attached hydrogens (tertiary/aromatic N) is 2. The van der Waals surface area contributed by atoms with E-state index in [1.54, 1.807) is 6.20 Å². The highest BCUT2D eigenvalue weighted by Gasteiger charge is 2.58. The minimum atomic E-state index is -2.23. The highest BCUT2D eigenvalue weighted by atomic mass is 31.2. The van der Waals surface area contributed by atoms with Gasteiger partial charge in [-0.2, -0.15) is 0 Å². The Morgan fingerprint density at radius 3 is 1.61 bits per heavy atom. The molecule has 0 radical (unpaired) electrons. The van der Waals surface area contributed by atoms with Gasteiger partial charge < -0.3 is 0 Å². The summed E-state index contributed by atoms with van der Waals surface area (Å²) in [6, 6.07) is 37.6. The average Bonchev–Trinajstić information content (AvgIpc) is 3.24. The number of hydrogen-bond donors (Lipinski definition) is 0. The molecule has 1 amide bonds. The van der Waals surface area contributed by atoms with Gasteiger partial charge in [0.25, 0.3) is 5.91 Å². The van der Waals surface area contributed by atoms with E-state index in [2.05, 4.69) is 77.8 Å². The van der Waals surface area contributed by atoms with Crippen molar-refractivity contribution in [3.05, 3.63) is 115 Å². The van der Waals surface area contributed by atoms with Crippen LogP contribution in [0.2, 0.25) is 0 Å². The Morgan fingerprint density at radius 1 is 0.677 bits per heavy atom. The average molecular weight is 423 g/mol. The second kappa shape index (κ2) is 8.45. The standard InChI is InChI=1S/C27H24N2OP/c30-27-25(19-21-29(27)26-18-10-11-20-28-26)31(22-12-4-1-5-13-22,23-14-6-2-7-15-23)24-16-8-3-9-17-24/h1-18,20,25H,19,21H2/q+1/t25-/m1/s1. The molecule has 3 nitrogen and oxygen atoms in total. The van der Waals surface area contributed by atoms with Crippen LogP contribution in [0.4, 0.5) is 5.82 Å². The molecule has 1 saturated heterocycles. The van der Waals surface area contributed by atoms with Gasteiger partial charge in [-0.25, -0.2) is 4.98 Å². The van der Waals surface area contributed by atoms with Gasteiger partial charge >= 0.3 is 0 Å². The van der Waals surface area contributed by atoms with E-state index in [0.29, 0.717) is 6.54 Å². The van der Waals surface area contributed by atoms with E-state index >= 15 is 0 Å². The molecular weight excluding hydrogens is 399 g/mol. The third kappa shape index (κ3) is 3.36. The van der Waals surface area contributed by atoms with Crippen LogP contribution in [0.1, 0.15) is 6.42 Å². The van der Waals surface area contributed by atoms with Crippen LogP contribution in [0, 0.1) is 0 Å². The number of carbonyl (C=O) groups excluding carboxylic acids is 1. The summed E-state index contributed by atoms with van der Waals surface area (Å²) in [5.74, 6) is 0.908. The lowest BCUT2D eigenvalue weighted by Gasteiger charge is -2.31. The Morgan fingerprint density at radius 2 is 1.16 bits per heavy atom. The summed E-state index contributed by atoms with van der Waals surface area (Å²) in [4.78, 5) is 20.3. The number of hydrogen-bond acceptors (Lipinski definition) is 2. The molecule has 0 bridgehead atoms. The van der Waals surface area contributed by atoms with Crippen LogP contribution < -0.4 is 20.8 Å². The van der Waals surface area contributed by atoms with E-state index < -0.39 is 7.26 Å². The summed E-state index contributed by atoms with van der Waals surface area (Å²) in [5.41, 5.74) is -0.123. The second-order valence-corrected chi connectivity index (χ2v) is 11.3. The van der Waals surface area contributed by atoms with Crippen molar-refractivity contribution >= 4 is 34.9 Å². The molecule has 152 valence electrons. The zero-order valence-electron chi connectivity index (χ0n) is 17.2. The van der Waals surface area contributed by atoms with Crippen LogP contribution in [0.15, 0.2) is 115 Å². The van der Waals surface area contributed by atoms with Gasteiger partial charge in [0.05, 0.1) is 0 Å². The number of amides is 1. The van der Waals surface area contributed by atoms with Gasteiger partial charge in [-0.05, 0) is 48.5 Å². The molecule has 0 N–H and O–H groups in total. The first-order chi connectivity index (χ1) is 15.3. The van der Waals surface area contributed by atoms with Gasteiger partial charge in [-0.15, -0.1) is 0 Å². The van der Waals surface area contributed by atoms with Gasteiger partial charge in [0.2, 0.25) is 0 Å². The Hall–Kier alpha value is -3.29. The van der Waals surface area contributed by atoms with Crippen molar-refractivity contribution in [2.45, 2.75) is 12.1 Å². The minimum Gasteiger partial charge on any atom is -0.293 e. The lowest BCUT2D eigenvalue weighted by Crippen LogP contribution is -2.43. The summed E-state index contributed by atoms with van der Waals surface area (Å²) >= 11 is 0. The minimum absolute atomic E-state index is 0.123. The van der Waals surface area contributed by atoms with Gasteiger partial charge in [-0.1, -0.05) is 60.7 Å². The molecule has 2 heterocycles. The van der Waals surface area contributed by atoms with Crippen molar-refractivity contribution in [3.63, 3.8) is 0 Å². The lowest BCUT2D eigenvalue weighted by atomic mass is 10.3. The van der Waals surface area contributed by atoms with Crippen molar-refractivity contribution in [2.75, 3.05) is 11.4 Å². The molecule has 0 spiro atoms. The van der Waals surface area contributed by atoms with Gasteiger partial charge in [0.1, 0.15) is 29.0 Å². The zero-order chi connectivity index (χ0) is 21.1. The third-order valence-corrected chi connectivity index (χ3v) is 10.8. The van der Waals surface area contributed by atoms with Crippen molar-refractivity contribution in [1.29, 1.82) is 0 Å². The fourth-order valence-corrected chi connectivity index (χ4v) is 9.62. The largest absolute Gasteiger partial charge is 0.293 e. The molecule has 1 atom stereocenters. The number of benzene rings is 3. The maximum absolute atomic E-state index is 14.0. The van der Waals surface area contributed by atoms with Crippen LogP contribution >= 0.6 is 7.26 Å². The van der Waals surface area contributed by atoms with Gasteiger partial charge in [-0.3, -0.25) is 9.69 Å². The normalized spacial score (nSPS) is 16.5. The van der Waals surface area contributed by atoms with Crippen molar-refractivity contribution in [1.82, 2.24) is 4.98 Å². The first-order valence-corrected chi connectivity index (χ1v) is 12.5. The van der Waals surface area contributed by atoms with E-state index in [-0.39, 0.29) is 11.6 Å². The molecule has 4 heteroatoms. The monoisotopic (exact) mass is 423 g/mol. The van der Waals surface area contributed by atoms with Gasteiger partial charge in [0.15, 0.2) is 5.66 Å². The first-order valence-electron chi connectivity index (χ1n) is 10.6. The Bertz CT molecular complexity index is 1050. The maximum atomic E-state index is 14.0. The van der Waals surface area contributed by atoms with Crippen molar-refractivity contribution in [2.24, 2.45) is 0 Å². The molecule has 0 unspecified atom stereocenters. The molecule has 0 aliphatic carbocycles. The highest BCUT2D eigenvalue weighted by Crippen LogP contribution is 2.62. The van der Waals surface area contributed by atoms with Crippen molar-refractivity contribution < 1.29 is 4.79 Å². The van der Waals surface area contributed by atoms with E-state index in [9.17, 15) is 4.79 Å². The smallest absolute Gasteiger partial charge is 0.270 e.